The maximum Gasteiger partial charge on any atom is 0.251 e. The normalized spacial score (nSPS) is 20.2. The standard InChI is InChI=1S/C18H29N5O2/c1-12(2)21-16(24)11-20-18(25)13-6-5-7-14(10-13)23-9-8-15(17(23)19)22(3)4/h5-7,10,12,15,17H,8-9,11,19H2,1-4H3,(H,20,25)(H,21,24). The number of benzene rings is 1. The summed E-state index contributed by atoms with van der Waals surface area (Å²) >= 11 is 0. The zero-order chi connectivity index (χ0) is 18.6. The van der Waals surface area contributed by atoms with Gasteiger partial charge in [0.25, 0.3) is 5.91 Å². The molecule has 0 radical (unpaired) electrons. The Morgan fingerprint density at radius 1 is 1.36 bits per heavy atom. The molecule has 1 aromatic carbocycles. The first kappa shape index (κ1) is 19.2. The maximum absolute atomic E-state index is 12.3. The summed E-state index contributed by atoms with van der Waals surface area (Å²) < 4.78 is 0. The fourth-order valence-corrected chi connectivity index (χ4v) is 3.13. The van der Waals surface area contributed by atoms with Crippen molar-refractivity contribution in [3.8, 4) is 0 Å². The number of carbonyl (C=O) groups excluding carboxylic acids is 2. The minimum atomic E-state index is -0.266. The maximum atomic E-state index is 12.3. The molecule has 2 amide bonds. The van der Waals surface area contributed by atoms with Crippen molar-refractivity contribution in [1.82, 2.24) is 15.5 Å². The van der Waals surface area contributed by atoms with Crippen molar-refractivity contribution in [3.63, 3.8) is 0 Å². The third-order valence-electron chi connectivity index (χ3n) is 4.38. The van der Waals surface area contributed by atoms with Gasteiger partial charge in [-0.15, -0.1) is 0 Å². The first-order valence-electron chi connectivity index (χ1n) is 8.66. The molecule has 1 saturated heterocycles. The Hall–Kier alpha value is -2.12. The Labute approximate surface area is 149 Å². The molecule has 1 aliphatic rings. The molecular weight excluding hydrogens is 318 g/mol. The smallest absolute Gasteiger partial charge is 0.251 e. The van der Waals surface area contributed by atoms with Crippen molar-refractivity contribution in [2.75, 3.05) is 32.1 Å². The van der Waals surface area contributed by atoms with Crippen LogP contribution in [0.2, 0.25) is 0 Å². The second kappa shape index (κ2) is 8.31. The topological polar surface area (TPSA) is 90.7 Å². The summed E-state index contributed by atoms with van der Waals surface area (Å²) in [6.07, 6.45) is 0.880. The number of likely N-dealkylation sites (N-methyl/N-ethyl adjacent to an activating group) is 1. The van der Waals surface area contributed by atoms with E-state index < -0.39 is 0 Å². The quantitative estimate of drug-likeness (QED) is 0.691. The van der Waals surface area contributed by atoms with Crippen LogP contribution >= 0.6 is 0 Å². The molecule has 0 bridgehead atoms. The van der Waals surface area contributed by atoms with Crippen molar-refractivity contribution in [2.24, 2.45) is 5.73 Å². The number of nitrogens with one attached hydrogen (secondary N) is 2. The van der Waals surface area contributed by atoms with Crippen molar-refractivity contribution in [1.29, 1.82) is 0 Å². The van der Waals surface area contributed by atoms with Crippen molar-refractivity contribution < 1.29 is 9.59 Å². The molecule has 0 aromatic heterocycles. The number of amides is 2. The summed E-state index contributed by atoms with van der Waals surface area (Å²) in [7, 11) is 4.06. The number of nitrogens with zero attached hydrogens (tertiary/aromatic N) is 2. The predicted molar refractivity (Wildman–Crippen MR) is 99.5 cm³/mol. The van der Waals surface area contributed by atoms with Crippen LogP contribution in [0.4, 0.5) is 5.69 Å². The Morgan fingerprint density at radius 2 is 2.08 bits per heavy atom. The monoisotopic (exact) mass is 347 g/mol. The van der Waals surface area contributed by atoms with Crippen LogP contribution in [0.25, 0.3) is 0 Å². The van der Waals surface area contributed by atoms with Crippen LogP contribution in [0.1, 0.15) is 30.6 Å². The van der Waals surface area contributed by atoms with Gasteiger partial charge in [-0.05, 0) is 52.6 Å². The van der Waals surface area contributed by atoms with Crippen LogP contribution in [-0.4, -0.2) is 62.1 Å². The van der Waals surface area contributed by atoms with Gasteiger partial charge in [0.15, 0.2) is 0 Å². The number of hydrogen-bond acceptors (Lipinski definition) is 5. The van der Waals surface area contributed by atoms with E-state index in [0.29, 0.717) is 5.56 Å². The number of anilines is 1. The Bertz CT molecular complexity index is 617. The number of carbonyl (C=O) groups is 2. The van der Waals surface area contributed by atoms with Gasteiger partial charge < -0.3 is 26.2 Å². The van der Waals surface area contributed by atoms with Crippen LogP contribution < -0.4 is 21.3 Å². The van der Waals surface area contributed by atoms with Gasteiger partial charge in [-0.2, -0.15) is 0 Å². The highest BCUT2D eigenvalue weighted by atomic mass is 16.2. The lowest BCUT2D eigenvalue weighted by molar-refractivity contribution is -0.120. The third-order valence-corrected chi connectivity index (χ3v) is 4.38. The molecule has 25 heavy (non-hydrogen) atoms. The van der Waals surface area contributed by atoms with Crippen molar-refractivity contribution in [2.45, 2.75) is 38.5 Å². The van der Waals surface area contributed by atoms with E-state index >= 15 is 0 Å². The van der Waals surface area contributed by atoms with E-state index in [1.807, 2.05) is 46.1 Å². The largest absolute Gasteiger partial charge is 0.355 e. The molecule has 2 unspecified atom stereocenters. The zero-order valence-electron chi connectivity index (χ0n) is 15.5. The lowest BCUT2D eigenvalue weighted by Gasteiger charge is -2.29. The second-order valence-corrected chi connectivity index (χ2v) is 6.96. The van der Waals surface area contributed by atoms with Gasteiger partial charge in [0.05, 0.1) is 12.7 Å². The lowest BCUT2D eigenvalue weighted by Crippen LogP contribution is -2.48. The molecule has 4 N–H and O–H groups in total. The van der Waals surface area contributed by atoms with Crippen molar-refractivity contribution in [3.05, 3.63) is 29.8 Å². The van der Waals surface area contributed by atoms with Crippen LogP contribution in [0, 0.1) is 0 Å². The van der Waals surface area contributed by atoms with Gasteiger partial charge in [-0.1, -0.05) is 6.07 Å². The molecule has 2 atom stereocenters. The summed E-state index contributed by atoms with van der Waals surface area (Å²) in [5.41, 5.74) is 7.81. The third kappa shape index (κ3) is 4.93. The molecule has 7 heteroatoms. The van der Waals surface area contributed by atoms with E-state index in [-0.39, 0.29) is 36.6 Å². The molecule has 1 heterocycles. The highest BCUT2D eigenvalue weighted by Crippen LogP contribution is 2.26. The number of rotatable bonds is 6. The van der Waals surface area contributed by atoms with E-state index in [4.69, 9.17) is 5.73 Å². The molecule has 138 valence electrons. The van der Waals surface area contributed by atoms with Gasteiger partial charge in [0, 0.05) is 29.9 Å². The number of nitrogens with two attached hydrogens (primary N) is 1. The van der Waals surface area contributed by atoms with E-state index in [0.717, 1.165) is 18.7 Å². The number of hydrogen-bond donors (Lipinski definition) is 3. The van der Waals surface area contributed by atoms with E-state index in [9.17, 15) is 9.59 Å². The SMILES string of the molecule is CC(C)NC(=O)CNC(=O)c1cccc(N2CCC(N(C)C)C2N)c1. The van der Waals surface area contributed by atoms with Gasteiger partial charge in [-0.3, -0.25) is 9.59 Å². The Balaban J connectivity index is 2.01. The average molecular weight is 347 g/mol. The summed E-state index contributed by atoms with van der Waals surface area (Å²) in [6, 6.07) is 7.71. The first-order chi connectivity index (χ1) is 11.8. The van der Waals surface area contributed by atoms with Crippen LogP contribution in [-0.2, 0) is 4.79 Å². The van der Waals surface area contributed by atoms with E-state index in [1.165, 1.54) is 0 Å². The van der Waals surface area contributed by atoms with E-state index in [2.05, 4.69) is 20.4 Å². The van der Waals surface area contributed by atoms with Crippen LogP contribution in [0.5, 0.6) is 0 Å². The van der Waals surface area contributed by atoms with Crippen molar-refractivity contribution >= 4 is 17.5 Å². The summed E-state index contributed by atoms with van der Waals surface area (Å²) in [4.78, 5) is 28.2. The molecule has 1 fully saturated rings. The van der Waals surface area contributed by atoms with Gasteiger partial charge in [-0.25, -0.2) is 0 Å². The molecule has 0 aliphatic carbocycles. The summed E-state index contributed by atoms with van der Waals surface area (Å²) in [6.45, 7) is 4.58. The highest BCUT2D eigenvalue weighted by molar-refractivity contribution is 5.97. The van der Waals surface area contributed by atoms with Crippen LogP contribution in [0.3, 0.4) is 0 Å². The molecule has 0 spiro atoms. The molecular formula is C18H29N5O2. The van der Waals surface area contributed by atoms with Gasteiger partial charge in [0.2, 0.25) is 5.91 Å². The van der Waals surface area contributed by atoms with Crippen LogP contribution in [0.15, 0.2) is 24.3 Å². The molecule has 2 rings (SSSR count). The van der Waals surface area contributed by atoms with Gasteiger partial charge in [0.1, 0.15) is 0 Å². The highest BCUT2D eigenvalue weighted by Gasteiger charge is 2.32. The molecule has 7 nitrogen and oxygen atoms in total. The molecule has 0 saturated carbocycles. The first-order valence-corrected chi connectivity index (χ1v) is 8.66. The Morgan fingerprint density at radius 3 is 2.68 bits per heavy atom. The Kier molecular flexibility index (Phi) is 6.39. The second-order valence-electron chi connectivity index (χ2n) is 6.96. The van der Waals surface area contributed by atoms with Gasteiger partial charge >= 0.3 is 0 Å². The molecule has 1 aliphatic heterocycles. The van der Waals surface area contributed by atoms with E-state index in [1.54, 1.807) is 6.07 Å². The minimum Gasteiger partial charge on any atom is -0.355 e. The summed E-state index contributed by atoms with van der Waals surface area (Å²) in [5, 5.41) is 5.39. The minimum absolute atomic E-state index is 0.0346. The fourth-order valence-electron chi connectivity index (χ4n) is 3.13. The zero-order valence-corrected chi connectivity index (χ0v) is 15.5. The summed E-state index contributed by atoms with van der Waals surface area (Å²) in [5.74, 6) is -0.465. The fraction of sp³-hybridized carbons (Fsp3) is 0.556. The lowest BCUT2D eigenvalue weighted by atomic mass is 10.1. The predicted octanol–water partition coefficient (Wildman–Crippen LogP) is 0.366. The molecule has 1 aromatic rings. The average Bonchev–Trinajstić information content (AvgIpc) is 2.94.